The lowest BCUT2D eigenvalue weighted by Gasteiger charge is -2.11. The minimum absolute atomic E-state index is 0.152. The van der Waals surface area contributed by atoms with Crippen LogP contribution in [-0.2, 0) is 11.3 Å². The van der Waals surface area contributed by atoms with Gasteiger partial charge in [0.15, 0.2) is 0 Å². The molecule has 2 aromatic carbocycles. The summed E-state index contributed by atoms with van der Waals surface area (Å²) in [6.07, 6.45) is 1.39. The van der Waals surface area contributed by atoms with E-state index >= 15 is 0 Å². The molecule has 146 valence electrons. The SMILES string of the molecule is CCOc1ccccc1NC(=O)Cn1cnc2c(-c3ccccc3)nsc2c1=O. The number of carbonyl (C=O) groups excluding carboxylic acids is 1. The molecule has 0 unspecified atom stereocenters. The summed E-state index contributed by atoms with van der Waals surface area (Å²) < 4.78 is 11.6. The molecule has 0 aliphatic heterocycles. The molecule has 0 spiro atoms. The summed E-state index contributed by atoms with van der Waals surface area (Å²) in [7, 11) is 0. The van der Waals surface area contributed by atoms with Crippen LogP contribution < -0.4 is 15.6 Å². The van der Waals surface area contributed by atoms with E-state index in [1.54, 1.807) is 18.2 Å². The van der Waals surface area contributed by atoms with E-state index in [0.717, 1.165) is 17.1 Å². The molecular formula is C21H18N4O3S. The second-order valence-electron chi connectivity index (χ2n) is 6.23. The van der Waals surface area contributed by atoms with Gasteiger partial charge in [-0.3, -0.25) is 14.2 Å². The normalized spacial score (nSPS) is 10.8. The van der Waals surface area contributed by atoms with Gasteiger partial charge in [0.25, 0.3) is 5.56 Å². The summed E-state index contributed by atoms with van der Waals surface area (Å²) in [4.78, 5) is 29.7. The van der Waals surface area contributed by atoms with Gasteiger partial charge in [-0.05, 0) is 30.6 Å². The molecule has 0 aliphatic carbocycles. The largest absolute Gasteiger partial charge is 0.492 e. The number of fused-ring (bicyclic) bond motifs is 1. The Hall–Kier alpha value is -3.52. The first-order valence-electron chi connectivity index (χ1n) is 9.09. The molecule has 4 aromatic rings. The number of carbonyl (C=O) groups is 1. The molecule has 0 aliphatic rings. The molecule has 1 N–H and O–H groups in total. The van der Waals surface area contributed by atoms with Gasteiger partial charge in [0.05, 0.1) is 18.6 Å². The van der Waals surface area contributed by atoms with E-state index in [2.05, 4.69) is 14.7 Å². The first-order valence-corrected chi connectivity index (χ1v) is 9.86. The van der Waals surface area contributed by atoms with Gasteiger partial charge in [0, 0.05) is 5.56 Å². The van der Waals surface area contributed by atoms with Crippen molar-refractivity contribution in [1.82, 2.24) is 13.9 Å². The number of aromatic nitrogens is 3. The van der Waals surface area contributed by atoms with Crippen molar-refractivity contribution < 1.29 is 9.53 Å². The minimum atomic E-state index is -0.340. The summed E-state index contributed by atoms with van der Waals surface area (Å²) in [6, 6.07) is 16.7. The average Bonchev–Trinajstić information content (AvgIpc) is 3.17. The Kier molecular flexibility index (Phi) is 5.35. The molecule has 29 heavy (non-hydrogen) atoms. The van der Waals surface area contributed by atoms with Crippen molar-refractivity contribution in [3.05, 3.63) is 71.3 Å². The molecule has 0 fully saturated rings. The summed E-state index contributed by atoms with van der Waals surface area (Å²) >= 11 is 1.09. The van der Waals surface area contributed by atoms with E-state index in [-0.39, 0.29) is 18.0 Å². The fourth-order valence-electron chi connectivity index (χ4n) is 2.95. The zero-order valence-corrected chi connectivity index (χ0v) is 16.5. The Bertz CT molecular complexity index is 1220. The van der Waals surface area contributed by atoms with Gasteiger partial charge < -0.3 is 10.1 Å². The molecule has 0 atom stereocenters. The van der Waals surface area contributed by atoms with Gasteiger partial charge >= 0.3 is 0 Å². The number of ether oxygens (including phenoxy) is 1. The Morgan fingerprint density at radius 2 is 1.90 bits per heavy atom. The summed E-state index contributed by atoms with van der Waals surface area (Å²) in [6.45, 7) is 2.21. The van der Waals surface area contributed by atoms with Crippen molar-refractivity contribution in [2.75, 3.05) is 11.9 Å². The zero-order valence-electron chi connectivity index (χ0n) is 15.7. The number of para-hydroxylation sites is 2. The van der Waals surface area contributed by atoms with Crippen molar-refractivity contribution in [3.8, 4) is 17.0 Å². The highest BCUT2D eigenvalue weighted by atomic mass is 32.1. The lowest BCUT2D eigenvalue weighted by Crippen LogP contribution is -2.27. The summed E-state index contributed by atoms with van der Waals surface area (Å²) in [5, 5.41) is 2.79. The van der Waals surface area contributed by atoms with E-state index in [9.17, 15) is 9.59 Å². The van der Waals surface area contributed by atoms with Gasteiger partial charge in [-0.15, -0.1) is 0 Å². The lowest BCUT2D eigenvalue weighted by molar-refractivity contribution is -0.116. The molecule has 8 heteroatoms. The van der Waals surface area contributed by atoms with E-state index in [1.165, 1.54) is 10.9 Å². The van der Waals surface area contributed by atoms with Crippen LogP contribution in [0.15, 0.2) is 65.7 Å². The van der Waals surface area contributed by atoms with E-state index in [4.69, 9.17) is 4.74 Å². The number of hydrogen-bond acceptors (Lipinski definition) is 6. The van der Waals surface area contributed by atoms with Gasteiger partial charge in [-0.2, -0.15) is 4.37 Å². The number of nitrogens with zero attached hydrogens (tertiary/aromatic N) is 3. The highest BCUT2D eigenvalue weighted by Gasteiger charge is 2.16. The van der Waals surface area contributed by atoms with Crippen LogP contribution in [0.2, 0.25) is 0 Å². The molecule has 0 bridgehead atoms. The lowest BCUT2D eigenvalue weighted by atomic mass is 10.1. The number of rotatable bonds is 6. The number of benzene rings is 2. The molecule has 4 rings (SSSR count). The molecule has 0 radical (unpaired) electrons. The standard InChI is InChI=1S/C21H18N4O3S/c1-2-28-16-11-7-6-10-15(16)23-17(26)12-25-13-22-19-18(14-8-4-3-5-9-14)24-29-20(19)21(25)27/h3-11,13H,2,12H2,1H3,(H,23,26). The number of amides is 1. The Morgan fingerprint density at radius 3 is 2.69 bits per heavy atom. The van der Waals surface area contributed by atoms with Crippen molar-refractivity contribution in [3.63, 3.8) is 0 Å². The van der Waals surface area contributed by atoms with Crippen LogP contribution >= 0.6 is 11.5 Å². The summed E-state index contributed by atoms with van der Waals surface area (Å²) in [5.74, 6) is 0.243. The second kappa shape index (κ2) is 8.24. The van der Waals surface area contributed by atoms with Gasteiger partial charge in [0.2, 0.25) is 5.91 Å². The number of anilines is 1. The Balaban J connectivity index is 1.58. The zero-order chi connectivity index (χ0) is 20.2. The van der Waals surface area contributed by atoms with Crippen molar-refractivity contribution in [2.24, 2.45) is 0 Å². The first kappa shape index (κ1) is 18.8. The molecule has 0 saturated heterocycles. The topological polar surface area (TPSA) is 86.1 Å². The molecule has 2 heterocycles. The van der Waals surface area contributed by atoms with E-state index in [1.807, 2.05) is 43.3 Å². The maximum absolute atomic E-state index is 12.8. The van der Waals surface area contributed by atoms with Crippen LogP contribution in [0.3, 0.4) is 0 Å². The molecule has 7 nitrogen and oxygen atoms in total. The fourth-order valence-corrected chi connectivity index (χ4v) is 3.76. The predicted molar refractivity (Wildman–Crippen MR) is 113 cm³/mol. The maximum atomic E-state index is 12.8. The fraction of sp³-hybridized carbons (Fsp3) is 0.143. The second-order valence-corrected chi connectivity index (χ2v) is 7.00. The third-order valence-corrected chi connectivity index (χ3v) is 5.10. The highest BCUT2D eigenvalue weighted by Crippen LogP contribution is 2.27. The van der Waals surface area contributed by atoms with Gasteiger partial charge in [0.1, 0.15) is 28.2 Å². The third-order valence-electron chi connectivity index (χ3n) is 4.27. The predicted octanol–water partition coefficient (Wildman–Crippen LogP) is 3.56. The van der Waals surface area contributed by atoms with Crippen molar-refractivity contribution in [2.45, 2.75) is 13.5 Å². The molecule has 1 amide bonds. The smallest absolute Gasteiger partial charge is 0.273 e. The minimum Gasteiger partial charge on any atom is -0.492 e. The molecule has 0 saturated carbocycles. The molecular weight excluding hydrogens is 388 g/mol. The van der Waals surface area contributed by atoms with Crippen LogP contribution in [0.5, 0.6) is 5.75 Å². The summed E-state index contributed by atoms with van der Waals surface area (Å²) in [5.41, 5.74) is 2.39. The van der Waals surface area contributed by atoms with Crippen LogP contribution in [0, 0.1) is 0 Å². The maximum Gasteiger partial charge on any atom is 0.273 e. The van der Waals surface area contributed by atoms with Crippen LogP contribution in [0.4, 0.5) is 5.69 Å². The third kappa shape index (κ3) is 3.88. The van der Waals surface area contributed by atoms with Crippen LogP contribution in [0.25, 0.3) is 21.5 Å². The Labute approximate surface area is 170 Å². The van der Waals surface area contributed by atoms with E-state index < -0.39 is 0 Å². The van der Waals surface area contributed by atoms with Gasteiger partial charge in [-0.1, -0.05) is 42.5 Å². The average molecular weight is 406 g/mol. The number of hydrogen-bond donors (Lipinski definition) is 1. The van der Waals surface area contributed by atoms with E-state index in [0.29, 0.717) is 34.0 Å². The van der Waals surface area contributed by atoms with Crippen molar-refractivity contribution >= 4 is 33.3 Å². The highest BCUT2D eigenvalue weighted by molar-refractivity contribution is 7.13. The Morgan fingerprint density at radius 1 is 1.14 bits per heavy atom. The van der Waals surface area contributed by atoms with Crippen LogP contribution in [0.1, 0.15) is 6.92 Å². The van der Waals surface area contributed by atoms with Gasteiger partial charge in [-0.25, -0.2) is 4.98 Å². The quantitative estimate of drug-likeness (QED) is 0.529. The molecule has 2 aromatic heterocycles. The van der Waals surface area contributed by atoms with Crippen LogP contribution in [-0.4, -0.2) is 26.4 Å². The number of nitrogens with one attached hydrogen (secondary N) is 1. The first-order chi connectivity index (χ1) is 14.2. The monoisotopic (exact) mass is 406 g/mol. The van der Waals surface area contributed by atoms with Crippen molar-refractivity contribution in [1.29, 1.82) is 0 Å².